The largest absolute Gasteiger partial charge is 0.480 e. The molecular weight excluding hydrogens is 524 g/mol. The molecular formula is C31H38N4O6. The zero-order valence-electron chi connectivity index (χ0n) is 24.6. The number of benzene rings is 2. The summed E-state index contributed by atoms with van der Waals surface area (Å²) < 4.78 is 11.7. The van der Waals surface area contributed by atoms with Crippen LogP contribution in [0.4, 0.5) is 4.79 Å². The fraction of sp³-hybridized carbons (Fsp3) is 0.452. The molecule has 4 rings (SSSR count). The molecule has 10 heteroatoms. The Morgan fingerprint density at radius 1 is 1.02 bits per heavy atom. The number of fused-ring (bicyclic) bond motifs is 1. The first-order valence-corrected chi connectivity index (χ1v) is 13.7. The molecule has 0 saturated carbocycles. The van der Waals surface area contributed by atoms with Crippen LogP contribution in [0.1, 0.15) is 53.5 Å². The summed E-state index contributed by atoms with van der Waals surface area (Å²) in [7, 11) is 0. The Labute approximate surface area is 240 Å². The van der Waals surface area contributed by atoms with E-state index >= 15 is 0 Å². The molecule has 218 valence electrons. The Kier molecular flexibility index (Phi) is 8.24. The SMILES string of the molecule is Cc1ccc2nc(-c3ccccc3)nc(OC3CC(C(=O)O)N(C(=O)[C@@H](NC(=O)OC(C)(C)C)C(C)(C)C)C3)c2c1. The summed E-state index contributed by atoms with van der Waals surface area (Å²) in [6.07, 6.45) is -1.34. The molecule has 3 atom stereocenters. The molecule has 2 amide bonds. The molecule has 2 N–H and O–H groups in total. The lowest BCUT2D eigenvalue weighted by atomic mass is 9.85. The molecule has 1 fully saturated rings. The highest BCUT2D eigenvalue weighted by atomic mass is 16.6. The number of likely N-dealkylation sites (tertiary alicyclic amines) is 1. The number of hydrogen-bond acceptors (Lipinski definition) is 7. The van der Waals surface area contributed by atoms with E-state index in [2.05, 4.69) is 5.32 Å². The van der Waals surface area contributed by atoms with Crippen LogP contribution in [0.25, 0.3) is 22.3 Å². The number of rotatable bonds is 6. The lowest BCUT2D eigenvalue weighted by Gasteiger charge is -2.35. The minimum atomic E-state index is -1.15. The number of aliphatic carboxylic acids is 1. The van der Waals surface area contributed by atoms with Gasteiger partial charge in [-0.2, -0.15) is 4.98 Å². The molecule has 10 nitrogen and oxygen atoms in total. The van der Waals surface area contributed by atoms with Crippen molar-refractivity contribution < 1.29 is 29.0 Å². The summed E-state index contributed by atoms with van der Waals surface area (Å²) >= 11 is 0. The molecule has 0 bridgehead atoms. The van der Waals surface area contributed by atoms with Gasteiger partial charge in [-0.1, -0.05) is 62.7 Å². The molecule has 1 saturated heterocycles. The van der Waals surface area contributed by atoms with Crippen LogP contribution in [0.5, 0.6) is 5.88 Å². The average Bonchev–Trinajstić information content (AvgIpc) is 3.30. The standard InChI is InChI=1S/C31H38N4O6/c1-18-13-14-22-21(15-18)26(34-25(32-22)19-11-9-8-10-12-19)40-20-16-23(28(37)38)35(17-20)27(36)24(30(2,3)4)33-29(39)41-31(5,6)7/h8-15,20,23-24H,16-17H2,1-7H3,(H,33,39)(H,37,38)/t20?,23?,24-/m1/s1. The minimum absolute atomic E-state index is 0.0103. The molecule has 1 aromatic heterocycles. The van der Waals surface area contributed by atoms with Gasteiger partial charge in [-0.15, -0.1) is 0 Å². The number of aromatic nitrogens is 2. The second-order valence-electron chi connectivity index (χ2n) is 12.5. The van der Waals surface area contributed by atoms with Crippen molar-refractivity contribution in [1.29, 1.82) is 0 Å². The highest BCUT2D eigenvalue weighted by Gasteiger charge is 2.46. The first-order valence-electron chi connectivity index (χ1n) is 13.7. The van der Waals surface area contributed by atoms with Gasteiger partial charge in [0.1, 0.15) is 23.8 Å². The molecule has 41 heavy (non-hydrogen) atoms. The normalized spacial score (nSPS) is 18.2. The number of nitrogens with one attached hydrogen (secondary N) is 1. The fourth-order valence-corrected chi connectivity index (χ4v) is 4.78. The first-order chi connectivity index (χ1) is 19.1. The Morgan fingerprint density at radius 3 is 2.32 bits per heavy atom. The summed E-state index contributed by atoms with van der Waals surface area (Å²) in [5.41, 5.74) is 1.01. The number of carbonyl (C=O) groups excluding carboxylic acids is 2. The second kappa shape index (κ2) is 11.3. The number of ether oxygens (including phenoxy) is 2. The summed E-state index contributed by atoms with van der Waals surface area (Å²) in [6.45, 7) is 12.5. The van der Waals surface area contributed by atoms with Crippen molar-refractivity contribution in [2.24, 2.45) is 5.41 Å². The third-order valence-electron chi connectivity index (χ3n) is 6.73. The van der Waals surface area contributed by atoms with Crippen molar-refractivity contribution in [1.82, 2.24) is 20.2 Å². The monoisotopic (exact) mass is 562 g/mol. The van der Waals surface area contributed by atoms with E-state index in [1.54, 1.807) is 41.5 Å². The first kappa shape index (κ1) is 29.8. The zero-order valence-corrected chi connectivity index (χ0v) is 24.6. The minimum Gasteiger partial charge on any atom is -0.480 e. The molecule has 0 spiro atoms. The Balaban J connectivity index is 1.64. The number of carbonyl (C=O) groups is 3. The number of carboxylic acid groups (broad SMARTS) is 1. The topological polar surface area (TPSA) is 131 Å². The van der Waals surface area contributed by atoms with Crippen molar-refractivity contribution in [3.63, 3.8) is 0 Å². The van der Waals surface area contributed by atoms with Crippen LogP contribution in [-0.4, -0.2) is 68.3 Å². The Bertz CT molecular complexity index is 1440. The van der Waals surface area contributed by atoms with E-state index < -0.39 is 47.2 Å². The van der Waals surface area contributed by atoms with E-state index in [-0.39, 0.29) is 13.0 Å². The Morgan fingerprint density at radius 2 is 1.71 bits per heavy atom. The molecule has 0 aliphatic carbocycles. The number of alkyl carbamates (subject to hydrolysis) is 1. The van der Waals surface area contributed by atoms with Gasteiger partial charge in [-0.3, -0.25) is 4.79 Å². The summed E-state index contributed by atoms with van der Waals surface area (Å²) in [4.78, 5) is 49.4. The van der Waals surface area contributed by atoms with Crippen LogP contribution in [-0.2, 0) is 14.3 Å². The van der Waals surface area contributed by atoms with E-state index in [0.717, 1.165) is 11.1 Å². The molecule has 0 radical (unpaired) electrons. The highest BCUT2D eigenvalue weighted by Crippen LogP contribution is 2.32. The summed E-state index contributed by atoms with van der Waals surface area (Å²) in [5.74, 6) is -0.870. The van der Waals surface area contributed by atoms with Gasteiger partial charge in [0.15, 0.2) is 5.82 Å². The maximum Gasteiger partial charge on any atom is 0.408 e. The van der Waals surface area contributed by atoms with E-state index in [0.29, 0.717) is 22.6 Å². The Hall–Kier alpha value is -4.21. The van der Waals surface area contributed by atoms with Crippen LogP contribution in [0, 0.1) is 12.3 Å². The number of amides is 2. The average molecular weight is 563 g/mol. The lowest BCUT2D eigenvalue weighted by molar-refractivity contribution is -0.150. The van der Waals surface area contributed by atoms with Crippen LogP contribution >= 0.6 is 0 Å². The molecule has 1 aliphatic rings. The van der Waals surface area contributed by atoms with Gasteiger partial charge in [0.05, 0.1) is 17.4 Å². The van der Waals surface area contributed by atoms with Gasteiger partial charge in [0, 0.05) is 12.0 Å². The number of hydrogen-bond donors (Lipinski definition) is 2. The van der Waals surface area contributed by atoms with Crippen LogP contribution < -0.4 is 10.1 Å². The molecule has 2 heterocycles. The number of nitrogens with zero attached hydrogens (tertiary/aromatic N) is 3. The second-order valence-corrected chi connectivity index (χ2v) is 12.5. The maximum absolute atomic E-state index is 13.8. The quantitative estimate of drug-likeness (QED) is 0.430. The summed E-state index contributed by atoms with van der Waals surface area (Å²) in [5, 5.41) is 13.4. The van der Waals surface area contributed by atoms with Gasteiger partial charge in [0.25, 0.3) is 0 Å². The third-order valence-corrected chi connectivity index (χ3v) is 6.73. The van der Waals surface area contributed by atoms with Gasteiger partial charge in [-0.05, 0) is 45.2 Å². The lowest BCUT2D eigenvalue weighted by Crippen LogP contribution is -2.57. The van der Waals surface area contributed by atoms with Crippen molar-refractivity contribution >= 4 is 28.9 Å². The molecule has 2 unspecified atom stereocenters. The van der Waals surface area contributed by atoms with Gasteiger partial charge < -0.3 is 24.8 Å². The van der Waals surface area contributed by atoms with E-state index in [1.807, 2.05) is 55.5 Å². The molecule has 2 aromatic carbocycles. The van der Waals surface area contributed by atoms with Crippen molar-refractivity contribution in [2.75, 3.05) is 6.54 Å². The maximum atomic E-state index is 13.8. The molecule has 3 aromatic rings. The number of carboxylic acids is 1. The van der Waals surface area contributed by atoms with Gasteiger partial charge in [0.2, 0.25) is 11.8 Å². The van der Waals surface area contributed by atoms with Crippen LogP contribution in [0.2, 0.25) is 0 Å². The van der Waals surface area contributed by atoms with E-state index in [9.17, 15) is 19.5 Å². The van der Waals surface area contributed by atoms with E-state index in [1.165, 1.54) is 4.90 Å². The predicted octanol–water partition coefficient (Wildman–Crippen LogP) is 4.98. The van der Waals surface area contributed by atoms with Crippen molar-refractivity contribution in [3.8, 4) is 17.3 Å². The van der Waals surface area contributed by atoms with Crippen LogP contribution in [0.3, 0.4) is 0 Å². The number of aryl methyl sites for hydroxylation is 1. The van der Waals surface area contributed by atoms with Gasteiger partial charge in [-0.25, -0.2) is 14.6 Å². The smallest absolute Gasteiger partial charge is 0.408 e. The fourth-order valence-electron chi connectivity index (χ4n) is 4.78. The van der Waals surface area contributed by atoms with E-state index in [4.69, 9.17) is 19.4 Å². The van der Waals surface area contributed by atoms with Crippen molar-refractivity contribution in [2.45, 2.75) is 78.7 Å². The zero-order chi connectivity index (χ0) is 30.1. The third kappa shape index (κ3) is 7.11. The van der Waals surface area contributed by atoms with Gasteiger partial charge >= 0.3 is 12.1 Å². The van der Waals surface area contributed by atoms with Crippen LogP contribution in [0.15, 0.2) is 48.5 Å². The highest BCUT2D eigenvalue weighted by molar-refractivity contribution is 5.91. The molecule has 1 aliphatic heterocycles. The summed E-state index contributed by atoms with van der Waals surface area (Å²) in [6, 6.07) is 13.1. The van der Waals surface area contributed by atoms with Crippen molar-refractivity contribution in [3.05, 3.63) is 54.1 Å². The predicted molar refractivity (Wildman–Crippen MR) is 154 cm³/mol.